The van der Waals surface area contributed by atoms with Gasteiger partial charge in [0.2, 0.25) is 0 Å². The molecule has 1 aromatic carbocycles. The Kier molecular flexibility index (Phi) is 15.3. The summed E-state index contributed by atoms with van der Waals surface area (Å²) in [7, 11) is -3.85. The lowest BCUT2D eigenvalue weighted by molar-refractivity contribution is -0.147. The van der Waals surface area contributed by atoms with Crippen molar-refractivity contribution < 1.29 is 41.8 Å². The first-order valence-electron chi connectivity index (χ1n) is 16.1. The van der Waals surface area contributed by atoms with Gasteiger partial charge in [0.25, 0.3) is 0 Å². The third-order valence-electron chi connectivity index (χ3n) is 7.68. The Bertz CT molecular complexity index is 1540. The summed E-state index contributed by atoms with van der Waals surface area (Å²) in [5.41, 5.74) is 13.8. The minimum absolute atomic E-state index is 0.0110. The third-order valence-corrected chi connectivity index (χ3v) is 9.33. The van der Waals surface area contributed by atoms with E-state index in [9.17, 15) is 18.5 Å². The van der Waals surface area contributed by atoms with Crippen LogP contribution in [0.15, 0.2) is 30.9 Å². The maximum Gasteiger partial charge on any atom is 0.356 e. The highest BCUT2D eigenvalue weighted by molar-refractivity contribution is 7.53. The van der Waals surface area contributed by atoms with E-state index in [4.69, 9.17) is 34.7 Å². The van der Waals surface area contributed by atoms with Gasteiger partial charge in [0.15, 0.2) is 11.5 Å². The Labute approximate surface area is 280 Å². The van der Waals surface area contributed by atoms with Gasteiger partial charge in [-0.3, -0.25) is 14.2 Å². The molecular formula is C32H48FN6O8P. The quantitative estimate of drug-likeness (QED) is 0.0894. The topological polar surface area (TPSA) is 193 Å². The van der Waals surface area contributed by atoms with E-state index < -0.39 is 37.8 Å². The highest BCUT2D eigenvalue weighted by Gasteiger charge is 2.27. The van der Waals surface area contributed by atoms with Gasteiger partial charge in [0, 0.05) is 13.0 Å². The number of aromatic nitrogens is 4. The lowest BCUT2D eigenvalue weighted by atomic mass is 9.96. The average molecular weight is 695 g/mol. The molecule has 2 aromatic heterocycles. The van der Waals surface area contributed by atoms with Crippen molar-refractivity contribution in [2.75, 3.05) is 45.1 Å². The molecular weight excluding hydrogens is 646 g/mol. The van der Waals surface area contributed by atoms with Gasteiger partial charge in [-0.05, 0) is 42.4 Å². The second-order valence-electron chi connectivity index (χ2n) is 12.0. The summed E-state index contributed by atoms with van der Waals surface area (Å²) in [6.45, 7) is 9.32. The van der Waals surface area contributed by atoms with Crippen LogP contribution in [0.5, 0.6) is 0 Å². The first kappa shape index (κ1) is 39.0. The summed E-state index contributed by atoms with van der Waals surface area (Å²) in [5, 5.41) is 0. The van der Waals surface area contributed by atoms with E-state index in [0.29, 0.717) is 41.2 Å². The molecule has 4 atom stereocenters. The number of carbonyl (C=O) groups is 2. The number of hydrogen-bond acceptors (Lipinski definition) is 13. The number of imidazole rings is 1. The molecule has 0 saturated heterocycles. The Morgan fingerprint density at radius 2 is 1.71 bits per heavy atom. The van der Waals surface area contributed by atoms with Crippen molar-refractivity contribution in [1.82, 2.24) is 19.5 Å². The second kappa shape index (κ2) is 18.9. The molecule has 16 heteroatoms. The first-order valence-corrected chi connectivity index (χ1v) is 17.8. The van der Waals surface area contributed by atoms with E-state index >= 15 is 0 Å². The van der Waals surface area contributed by atoms with Crippen LogP contribution in [0, 0.1) is 17.7 Å². The number of carbonyl (C=O) groups excluding carboxylic acids is 2. The van der Waals surface area contributed by atoms with E-state index in [2.05, 4.69) is 15.0 Å². The molecule has 0 spiro atoms. The maximum absolute atomic E-state index is 14.6. The van der Waals surface area contributed by atoms with Crippen LogP contribution in [-0.2, 0) is 50.4 Å². The number of nitrogens with zero attached hydrogens (tertiary/aromatic N) is 4. The highest BCUT2D eigenvalue weighted by atomic mass is 31.2. The Morgan fingerprint density at radius 1 is 0.979 bits per heavy atom. The van der Waals surface area contributed by atoms with E-state index in [0.717, 1.165) is 6.42 Å². The van der Waals surface area contributed by atoms with Crippen molar-refractivity contribution >= 4 is 36.5 Å². The van der Waals surface area contributed by atoms with Crippen LogP contribution in [-0.4, -0.2) is 76.9 Å². The number of ether oxygens (including phenoxy) is 3. The lowest BCUT2D eigenvalue weighted by Gasteiger charge is -2.20. The minimum Gasteiger partial charge on any atom is -0.464 e. The third kappa shape index (κ3) is 11.6. The van der Waals surface area contributed by atoms with Crippen LogP contribution in [0.1, 0.15) is 64.5 Å². The summed E-state index contributed by atoms with van der Waals surface area (Å²) >= 11 is 0. The molecule has 0 fully saturated rings. The molecule has 2 heterocycles. The second-order valence-corrected chi connectivity index (χ2v) is 14.0. The number of fused-ring (bicyclic) bond motifs is 1. The standard InChI is InChI=1S/C32H48FN6O8P/c1-6-22(4)27(34)32(41)44-11-7-12-46-48(42,20-43-13-10-39-19-38-28-29(35)36-18-37-30(28)39)47-15-14-45-31(40)23(5)24-8-9-25(16-21(2)3)26(33)17-24/h8-9,17-19,21-23,27H,6-7,10-16,20,34H2,1-5H3,(H2,35,36,37)/t22?,23?,27-,48?/m1/s1. The fourth-order valence-electron chi connectivity index (χ4n) is 4.55. The van der Waals surface area contributed by atoms with Crippen molar-refractivity contribution in [2.24, 2.45) is 17.6 Å². The Balaban J connectivity index is 1.52. The lowest BCUT2D eigenvalue weighted by Crippen LogP contribution is -2.38. The van der Waals surface area contributed by atoms with Crippen LogP contribution in [0.3, 0.4) is 0 Å². The normalized spacial score (nSPS) is 14.8. The number of rotatable bonds is 21. The molecule has 3 aromatic rings. The summed E-state index contributed by atoms with van der Waals surface area (Å²) < 4.78 is 57.2. The van der Waals surface area contributed by atoms with Gasteiger partial charge in [-0.1, -0.05) is 46.2 Å². The monoisotopic (exact) mass is 694 g/mol. The first-order chi connectivity index (χ1) is 22.8. The molecule has 3 unspecified atom stereocenters. The molecule has 0 amide bonds. The van der Waals surface area contributed by atoms with E-state index in [1.807, 2.05) is 27.7 Å². The number of halogens is 1. The Morgan fingerprint density at radius 3 is 2.42 bits per heavy atom. The molecule has 0 bridgehead atoms. The number of esters is 2. The predicted molar refractivity (Wildman–Crippen MR) is 177 cm³/mol. The summed E-state index contributed by atoms with van der Waals surface area (Å²) in [4.78, 5) is 37.1. The van der Waals surface area contributed by atoms with Crippen LogP contribution < -0.4 is 11.5 Å². The zero-order valence-electron chi connectivity index (χ0n) is 28.3. The largest absolute Gasteiger partial charge is 0.464 e. The Hall–Kier alpha value is -3.49. The molecule has 0 aliphatic carbocycles. The molecule has 266 valence electrons. The summed E-state index contributed by atoms with van der Waals surface area (Å²) in [6, 6.07) is 4.02. The molecule has 4 N–H and O–H groups in total. The fourth-order valence-corrected chi connectivity index (χ4v) is 5.89. The van der Waals surface area contributed by atoms with Gasteiger partial charge in [0.1, 0.15) is 36.7 Å². The zero-order chi connectivity index (χ0) is 35.3. The van der Waals surface area contributed by atoms with E-state index in [-0.39, 0.29) is 57.0 Å². The molecule has 0 saturated carbocycles. The van der Waals surface area contributed by atoms with Crippen LogP contribution in [0.2, 0.25) is 0 Å². The van der Waals surface area contributed by atoms with Crippen molar-refractivity contribution in [3.8, 4) is 0 Å². The molecule has 14 nitrogen and oxygen atoms in total. The van der Waals surface area contributed by atoms with Gasteiger partial charge in [-0.15, -0.1) is 0 Å². The number of nitrogen functional groups attached to an aromatic ring is 1. The summed E-state index contributed by atoms with van der Waals surface area (Å²) in [6.07, 6.45) is 4.03. The van der Waals surface area contributed by atoms with Crippen molar-refractivity contribution in [3.63, 3.8) is 0 Å². The molecule has 3 rings (SSSR count). The number of hydrogen-bond donors (Lipinski definition) is 2. The fraction of sp³-hybridized carbons (Fsp3) is 0.594. The van der Waals surface area contributed by atoms with Crippen molar-refractivity contribution in [1.29, 1.82) is 0 Å². The SMILES string of the molecule is CCC(C)[C@@H](N)C(=O)OCCCOP(=O)(COCCn1cnc2c(N)ncnc21)OCCOC(=O)C(C)c1ccc(CC(C)C)c(F)c1. The maximum atomic E-state index is 14.6. The van der Waals surface area contributed by atoms with Crippen molar-refractivity contribution in [2.45, 2.75) is 72.4 Å². The van der Waals surface area contributed by atoms with Gasteiger partial charge in [-0.25, -0.2) is 19.3 Å². The molecule has 0 aliphatic heterocycles. The minimum atomic E-state index is -3.85. The molecule has 0 radical (unpaired) electrons. The van der Waals surface area contributed by atoms with Crippen LogP contribution in [0.25, 0.3) is 11.2 Å². The smallest absolute Gasteiger partial charge is 0.356 e. The zero-order valence-corrected chi connectivity index (χ0v) is 29.2. The molecule has 0 aliphatic rings. The number of anilines is 1. The number of nitrogens with two attached hydrogens (primary N) is 2. The average Bonchev–Trinajstić information content (AvgIpc) is 3.48. The summed E-state index contributed by atoms with van der Waals surface area (Å²) in [5.74, 6) is -1.68. The van der Waals surface area contributed by atoms with E-state index in [1.165, 1.54) is 12.4 Å². The highest BCUT2D eigenvalue weighted by Crippen LogP contribution is 2.48. The van der Waals surface area contributed by atoms with Gasteiger partial charge >= 0.3 is 19.5 Å². The van der Waals surface area contributed by atoms with Crippen LogP contribution >= 0.6 is 7.60 Å². The molecule has 48 heavy (non-hydrogen) atoms. The predicted octanol–water partition coefficient (Wildman–Crippen LogP) is 4.60. The van der Waals surface area contributed by atoms with Crippen LogP contribution in [0.4, 0.5) is 10.2 Å². The van der Waals surface area contributed by atoms with Gasteiger partial charge < -0.3 is 39.3 Å². The van der Waals surface area contributed by atoms with E-state index in [1.54, 1.807) is 30.0 Å². The van der Waals surface area contributed by atoms with Crippen molar-refractivity contribution in [3.05, 3.63) is 47.8 Å². The van der Waals surface area contributed by atoms with Gasteiger partial charge in [0.05, 0.1) is 38.7 Å². The number of benzene rings is 1. The van der Waals surface area contributed by atoms with Gasteiger partial charge in [-0.2, -0.15) is 0 Å².